The van der Waals surface area contributed by atoms with E-state index >= 15 is 0 Å². The Morgan fingerprint density at radius 3 is 2.89 bits per heavy atom. The molecule has 2 heterocycles. The molecule has 0 amide bonds. The second-order valence-electron chi connectivity index (χ2n) is 4.98. The molecule has 1 unspecified atom stereocenters. The summed E-state index contributed by atoms with van der Waals surface area (Å²) < 4.78 is 8.85. The third kappa shape index (κ3) is 2.29. The summed E-state index contributed by atoms with van der Waals surface area (Å²) in [4.78, 5) is 13.9. The number of methoxy groups -OCH3 is 1. The van der Waals surface area contributed by atoms with Crippen molar-refractivity contribution in [3.05, 3.63) is 5.56 Å². The van der Waals surface area contributed by atoms with Crippen LogP contribution in [0.5, 0.6) is 0 Å². The lowest BCUT2D eigenvalue weighted by Crippen LogP contribution is -2.22. The zero-order valence-electron chi connectivity index (χ0n) is 11.0. The van der Waals surface area contributed by atoms with Crippen LogP contribution < -0.4 is 10.6 Å². The Morgan fingerprint density at radius 1 is 1.61 bits per heavy atom. The molecular weight excluding hydrogens is 250 g/mol. The van der Waals surface area contributed by atoms with E-state index in [-0.39, 0.29) is 5.82 Å². The monoisotopic (exact) mass is 269 g/mol. The maximum Gasteiger partial charge on any atom is 0.344 e. The molecule has 1 aromatic rings. The Morgan fingerprint density at radius 2 is 2.33 bits per heavy atom. The first-order valence-corrected chi connectivity index (χ1v) is 6.90. The van der Waals surface area contributed by atoms with Crippen molar-refractivity contribution in [3.8, 4) is 0 Å². The smallest absolute Gasteiger partial charge is 0.344 e. The van der Waals surface area contributed by atoms with Crippen LogP contribution in [0.15, 0.2) is 0 Å². The number of carbonyl (C=O) groups excluding carboxylic acids is 1. The Kier molecular flexibility index (Phi) is 3.75. The summed E-state index contributed by atoms with van der Waals surface area (Å²) in [5, 5.41) is 0.850. The topological polar surface area (TPSA) is 68.5 Å². The Balaban J connectivity index is 2.22. The molecule has 0 spiro atoms. The first kappa shape index (κ1) is 13.1. The molecule has 0 bridgehead atoms. The third-order valence-corrected chi connectivity index (χ3v) is 4.47. The van der Waals surface area contributed by atoms with Gasteiger partial charge in [-0.3, -0.25) is 0 Å². The molecule has 0 saturated carbocycles. The first-order valence-electron chi connectivity index (χ1n) is 6.13. The van der Waals surface area contributed by atoms with Crippen LogP contribution in [0, 0.1) is 11.8 Å². The van der Waals surface area contributed by atoms with Gasteiger partial charge in [0.2, 0.25) is 0 Å². The van der Waals surface area contributed by atoms with E-state index in [4.69, 9.17) is 10.5 Å². The Hall–Kier alpha value is -1.30. The first-order chi connectivity index (χ1) is 8.54. The molecule has 1 fully saturated rings. The number of hydrogen-bond acceptors (Lipinski definition) is 6. The third-order valence-electron chi connectivity index (χ3n) is 3.54. The summed E-state index contributed by atoms with van der Waals surface area (Å²) in [6.45, 7) is 6.38. The van der Waals surface area contributed by atoms with Gasteiger partial charge in [0, 0.05) is 13.1 Å². The van der Waals surface area contributed by atoms with Crippen molar-refractivity contribution in [2.75, 3.05) is 30.8 Å². The van der Waals surface area contributed by atoms with E-state index in [1.54, 1.807) is 0 Å². The lowest BCUT2D eigenvalue weighted by atomic mass is 9.95. The SMILES string of the molecule is COC(=O)c1c(N)nsc1N1CCC(C(C)C)C1. The summed E-state index contributed by atoms with van der Waals surface area (Å²) in [5.41, 5.74) is 6.17. The van der Waals surface area contributed by atoms with Crippen molar-refractivity contribution in [2.24, 2.45) is 11.8 Å². The second-order valence-corrected chi connectivity index (χ2v) is 5.73. The van der Waals surface area contributed by atoms with Crippen molar-refractivity contribution in [2.45, 2.75) is 20.3 Å². The highest BCUT2D eigenvalue weighted by molar-refractivity contribution is 7.11. The molecule has 6 heteroatoms. The van der Waals surface area contributed by atoms with E-state index in [1.165, 1.54) is 18.6 Å². The largest absolute Gasteiger partial charge is 0.465 e. The van der Waals surface area contributed by atoms with Gasteiger partial charge in [0.15, 0.2) is 5.82 Å². The van der Waals surface area contributed by atoms with Gasteiger partial charge in [0.25, 0.3) is 0 Å². The van der Waals surface area contributed by atoms with Crippen LogP contribution in [-0.2, 0) is 4.74 Å². The molecule has 1 atom stereocenters. The minimum absolute atomic E-state index is 0.273. The number of rotatable bonds is 3. The molecule has 2 N–H and O–H groups in total. The van der Waals surface area contributed by atoms with E-state index in [0.29, 0.717) is 17.4 Å². The van der Waals surface area contributed by atoms with Crippen LogP contribution in [-0.4, -0.2) is 30.5 Å². The predicted octanol–water partition coefficient (Wildman–Crippen LogP) is 1.99. The molecule has 5 nitrogen and oxygen atoms in total. The summed E-state index contributed by atoms with van der Waals surface area (Å²) in [5.74, 6) is 1.19. The van der Waals surface area contributed by atoms with Gasteiger partial charge in [-0.2, -0.15) is 4.37 Å². The number of ether oxygens (including phenoxy) is 1. The van der Waals surface area contributed by atoms with Crippen LogP contribution in [0.25, 0.3) is 0 Å². The molecule has 2 rings (SSSR count). The van der Waals surface area contributed by atoms with Gasteiger partial charge < -0.3 is 15.4 Å². The lowest BCUT2D eigenvalue weighted by molar-refractivity contribution is 0.0603. The molecule has 18 heavy (non-hydrogen) atoms. The Bertz CT molecular complexity index is 445. The van der Waals surface area contributed by atoms with Gasteiger partial charge in [-0.15, -0.1) is 0 Å². The van der Waals surface area contributed by atoms with Crippen LogP contribution >= 0.6 is 11.5 Å². The van der Waals surface area contributed by atoms with E-state index in [1.807, 2.05) is 0 Å². The molecule has 1 aromatic heterocycles. The highest BCUT2D eigenvalue weighted by atomic mass is 32.1. The number of carbonyl (C=O) groups is 1. The minimum atomic E-state index is -0.399. The number of nitrogens with zero attached hydrogens (tertiary/aromatic N) is 2. The van der Waals surface area contributed by atoms with Crippen molar-refractivity contribution in [3.63, 3.8) is 0 Å². The van der Waals surface area contributed by atoms with E-state index < -0.39 is 5.97 Å². The fourth-order valence-electron chi connectivity index (χ4n) is 2.32. The number of esters is 1. The number of anilines is 2. The van der Waals surface area contributed by atoms with Crippen molar-refractivity contribution < 1.29 is 9.53 Å². The standard InChI is InChI=1S/C12H19N3O2S/c1-7(2)8-4-5-15(6-8)11-9(12(16)17-3)10(13)14-18-11/h7-8H,4-6H2,1-3H3,(H2,13,14). The van der Waals surface area contributed by atoms with Crippen LogP contribution in [0.2, 0.25) is 0 Å². The fraction of sp³-hybridized carbons (Fsp3) is 0.667. The maximum absolute atomic E-state index is 11.7. The molecular formula is C12H19N3O2S. The van der Waals surface area contributed by atoms with Crippen molar-refractivity contribution >= 4 is 28.3 Å². The Labute approximate surface area is 111 Å². The maximum atomic E-state index is 11.7. The van der Waals surface area contributed by atoms with Crippen LogP contribution in [0.1, 0.15) is 30.6 Å². The predicted molar refractivity (Wildman–Crippen MR) is 73.0 cm³/mol. The van der Waals surface area contributed by atoms with Crippen molar-refractivity contribution in [1.82, 2.24) is 4.37 Å². The summed E-state index contributed by atoms with van der Waals surface area (Å²) in [6, 6.07) is 0. The number of nitrogens with two attached hydrogens (primary N) is 1. The minimum Gasteiger partial charge on any atom is -0.465 e. The van der Waals surface area contributed by atoms with Gasteiger partial charge in [0.05, 0.1) is 7.11 Å². The highest BCUT2D eigenvalue weighted by Crippen LogP contribution is 2.36. The van der Waals surface area contributed by atoms with Gasteiger partial charge >= 0.3 is 5.97 Å². The number of aromatic nitrogens is 1. The molecule has 0 radical (unpaired) electrons. The second kappa shape index (κ2) is 5.14. The van der Waals surface area contributed by atoms with Gasteiger partial charge in [0.1, 0.15) is 10.6 Å². The summed E-state index contributed by atoms with van der Waals surface area (Å²) in [7, 11) is 1.37. The highest BCUT2D eigenvalue weighted by Gasteiger charge is 2.30. The molecule has 100 valence electrons. The van der Waals surface area contributed by atoms with Crippen LogP contribution in [0.4, 0.5) is 10.8 Å². The van der Waals surface area contributed by atoms with Crippen molar-refractivity contribution in [1.29, 1.82) is 0 Å². The van der Waals surface area contributed by atoms with E-state index in [9.17, 15) is 4.79 Å². The van der Waals surface area contributed by atoms with Gasteiger partial charge in [-0.05, 0) is 29.8 Å². The van der Waals surface area contributed by atoms with Gasteiger partial charge in [-0.25, -0.2) is 4.79 Å². The molecule has 1 aliphatic heterocycles. The zero-order chi connectivity index (χ0) is 13.3. The average molecular weight is 269 g/mol. The number of hydrogen-bond donors (Lipinski definition) is 1. The normalized spacial score (nSPS) is 19.6. The summed E-state index contributed by atoms with van der Waals surface area (Å²) >= 11 is 1.28. The summed E-state index contributed by atoms with van der Waals surface area (Å²) in [6.07, 6.45) is 1.15. The van der Waals surface area contributed by atoms with E-state index in [2.05, 4.69) is 23.1 Å². The molecule has 0 aliphatic carbocycles. The van der Waals surface area contributed by atoms with Crippen LogP contribution in [0.3, 0.4) is 0 Å². The quantitative estimate of drug-likeness (QED) is 0.850. The van der Waals surface area contributed by atoms with E-state index in [0.717, 1.165) is 24.5 Å². The average Bonchev–Trinajstić information content (AvgIpc) is 2.94. The number of nitrogen functional groups attached to an aromatic ring is 1. The van der Waals surface area contributed by atoms with Gasteiger partial charge in [-0.1, -0.05) is 13.8 Å². The molecule has 1 saturated heterocycles. The zero-order valence-corrected chi connectivity index (χ0v) is 11.8. The molecule has 0 aromatic carbocycles. The fourth-order valence-corrected chi connectivity index (χ4v) is 3.16. The molecule has 1 aliphatic rings. The lowest BCUT2D eigenvalue weighted by Gasteiger charge is -2.18.